The molecule has 30 heavy (non-hydrogen) atoms. The number of rotatable bonds is 7. The van der Waals surface area contributed by atoms with E-state index < -0.39 is 21.6 Å². The first-order valence-electron chi connectivity index (χ1n) is 9.42. The summed E-state index contributed by atoms with van der Waals surface area (Å²) in [6, 6.07) is 13.0. The highest BCUT2D eigenvalue weighted by Crippen LogP contribution is 2.29. The first-order chi connectivity index (χ1) is 14.1. The van der Waals surface area contributed by atoms with Gasteiger partial charge in [0, 0.05) is 14.1 Å². The van der Waals surface area contributed by atoms with E-state index >= 15 is 0 Å². The highest BCUT2D eigenvalue weighted by Gasteiger charge is 2.48. The van der Waals surface area contributed by atoms with Crippen LogP contribution in [0, 0.1) is 6.92 Å². The minimum atomic E-state index is -3.51. The van der Waals surface area contributed by atoms with Gasteiger partial charge in [0.2, 0.25) is 10.0 Å². The van der Waals surface area contributed by atoms with Crippen molar-refractivity contribution in [1.29, 1.82) is 0 Å². The number of carbonyl (C=O) groups is 2. The van der Waals surface area contributed by atoms with Crippen molar-refractivity contribution in [2.75, 3.05) is 27.2 Å². The minimum absolute atomic E-state index is 0.0733. The predicted molar refractivity (Wildman–Crippen MR) is 112 cm³/mol. The number of hydrogen-bond donors (Lipinski definition) is 1. The molecular weight excluding hydrogens is 406 g/mol. The molecule has 0 bridgehead atoms. The van der Waals surface area contributed by atoms with Gasteiger partial charge in [-0.15, -0.1) is 0 Å². The largest absolute Gasteiger partial charge is 0.492 e. The Morgan fingerprint density at radius 2 is 1.63 bits per heavy atom. The maximum absolute atomic E-state index is 12.9. The summed E-state index contributed by atoms with van der Waals surface area (Å²) in [7, 11) is -0.591. The van der Waals surface area contributed by atoms with Gasteiger partial charge in [-0.2, -0.15) is 0 Å². The van der Waals surface area contributed by atoms with Gasteiger partial charge in [0.15, 0.2) is 0 Å². The van der Waals surface area contributed by atoms with Gasteiger partial charge >= 0.3 is 6.03 Å². The zero-order chi connectivity index (χ0) is 22.1. The lowest BCUT2D eigenvalue weighted by Crippen LogP contribution is -2.41. The molecule has 1 heterocycles. The summed E-state index contributed by atoms with van der Waals surface area (Å²) in [4.78, 5) is 26.6. The molecule has 0 radical (unpaired) electrons. The van der Waals surface area contributed by atoms with E-state index in [1.807, 2.05) is 31.2 Å². The van der Waals surface area contributed by atoms with Crippen molar-refractivity contribution in [3.8, 4) is 5.75 Å². The molecule has 1 saturated heterocycles. The third-order valence-corrected chi connectivity index (χ3v) is 6.92. The summed E-state index contributed by atoms with van der Waals surface area (Å²) in [6.45, 7) is 3.79. The summed E-state index contributed by atoms with van der Waals surface area (Å²) in [5, 5.41) is 2.76. The van der Waals surface area contributed by atoms with E-state index in [2.05, 4.69) is 5.32 Å². The number of hydrogen-bond acceptors (Lipinski definition) is 5. The second-order valence-corrected chi connectivity index (χ2v) is 9.64. The van der Waals surface area contributed by atoms with Gasteiger partial charge in [-0.05, 0) is 43.7 Å². The molecular formula is C21H25N3O5S. The van der Waals surface area contributed by atoms with E-state index in [-0.39, 0.29) is 24.0 Å². The molecule has 1 N–H and O–H groups in total. The molecule has 3 amide bonds. The highest BCUT2D eigenvalue weighted by molar-refractivity contribution is 7.89. The van der Waals surface area contributed by atoms with Crippen LogP contribution in [0.15, 0.2) is 53.4 Å². The van der Waals surface area contributed by atoms with Crippen molar-refractivity contribution >= 4 is 22.0 Å². The van der Waals surface area contributed by atoms with Crippen molar-refractivity contribution in [2.45, 2.75) is 24.3 Å². The van der Waals surface area contributed by atoms with Crippen molar-refractivity contribution in [2.24, 2.45) is 0 Å². The smallest absolute Gasteiger partial charge is 0.325 e. The van der Waals surface area contributed by atoms with Crippen LogP contribution in [0.1, 0.15) is 18.1 Å². The molecule has 8 nitrogen and oxygen atoms in total. The molecule has 2 aromatic carbocycles. The van der Waals surface area contributed by atoms with Crippen molar-refractivity contribution in [3.63, 3.8) is 0 Å². The normalized spacial score (nSPS) is 19.3. The zero-order valence-electron chi connectivity index (χ0n) is 17.4. The maximum atomic E-state index is 12.9. The minimum Gasteiger partial charge on any atom is -0.492 e. The zero-order valence-corrected chi connectivity index (χ0v) is 18.2. The van der Waals surface area contributed by atoms with Crippen LogP contribution in [0.25, 0.3) is 0 Å². The number of amides is 3. The first-order valence-corrected chi connectivity index (χ1v) is 10.9. The van der Waals surface area contributed by atoms with Gasteiger partial charge < -0.3 is 10.1 Å². The number of nitrogens with zero attached hydrogens (tertiary/aromatic N) is 2. The molecule has 1 aliphatic heterocycles. The van der Waals surface area contributed by atoms with Crippen LogP contribution >= 0.6 is 0 Å². The standard InChI is InChI=1S/C21H25N3O5S/c1-15-5-7-16(8-6-15)21(2)19(25)24(20(26)22-21)13-14-29-17-9-11-18(12-10-17)30(27,28)23(3)4/h5-12H,13-14H2,1-4H3,(H,22,26)/t21-/m1/s1. The van der Waals surface area contributed by atoms with E-state index in [9.17, 15) is 18.0 Å². The SMILES string of the molecule is Cc1ccc([C@@]2(C)NC(=O)N(CCOc3ccc(S(=O)(=O)N(C)C)cc3)C2=O)cc1. The van der Waals surface area contributed by atoms with E-state index in [4.69, 9.17) is 4.74 Å². The number of ether oxygens (including phenoxy) is 1. The van der Waals surface area contributed by atoms with Crippen LogP contribution < -0.4 is 10.1 Å². The molecule has 0 aliphatic carbocycles. The molecule has 160 valence electrons. The first kappa shape index (κ1) is 21.8. The number of aryl methyl sites for hydroxylation is 1. The van der Waals surface area contributed by atoms with Crippen LogP contribution in [-0.2, 0) is 20.4 Å². The topological polar surface area (TPSA) is 96.0 Å². The molecule has 0 spiro atoms. The Hall–Kier alpha value is -2.91. The Labute approximate surface area is 176 Å². The van der Waals surface area contributed by atoms with E-state index in [1.165, 1.54) is 26.2 Å². The van der Waals surface area contributed by atoms with Crippen molar-refractivity contribution < 1.29 is 22.7 Å². The van der Waals surface area contributed by atoms with Gasteiger partial charge in [0.25, 0.3) is 5.91 Å². The summed E-state index contributed by atoms with van der Waals surface area (Å²) in [6.07, 6.45) is 0. The molecule has 1 aliphatic rings. The van der Waals surface area contributed by atoms with Crippen LogP contribution in [0.5, 0.6) is 5.75 Å². The van der Waals surface area contributed by atoms with Crippen LogP contribution in [0.2, 0.25) is 0 Å². The van der Waals surface area contributed by atoms with Gasteiger partial charge in [0.05, 0.1) is 11.4 Å². The Morgan fingerprint density at radius 1 is 1.03 bits per heavy atom. The number of imide groups is 1. The summed E-state index contributed by atoms with van der Waals surface area (Å²) < 4.78 is 30.9. The molecule has 2 aromatic rings. The average molecular weight is 432 g/mol. The van der Waals surface area contributed by atoms with Crippen molar-refractivity contribution in [1.82, 2.24) is 14.5 Å². The molecule has 0 aromatic heterocycles. The second-order valence-electron chi connectivity index (χ2n) is 7.49. The highest BCUT2D eigenvalue weighted by atomic mass is 32.2. The maximum Gasteiger partial charge on any atom is 0.325 e. The monoisotopic (exact) mass is 431 g/mol. The molecule has 1 fully saturated rings. The molecule has 3 rings (SSSR count). The Bertz CT molecular complexity index is 1050. The predicted octanol–water partition coefficient (Wildman–Crippen LogP) is 2.09. The number of benzene rings is 2. The van der Waals surface area contributed by atoms with Gasteiger partial charge in [-0.1, -0.05) is 29.8 Å². The van der Waals surface area contributed by atoms with Gasteiger partial charge in [0.1, 0.15) is 17.9 Å². The Balaban J connectivity index is 1.63. The molecule has 9 heteroatoms. The fraction of sp³-hybridized carbons (Fsp3) is 0.333. The fourth-order valence-corrected chi connectivity index (χ4v) is 4.06. The van der Waals surface area contributed by atoms with E-state index in [0.29, 0.717) is 11.3 Å². The lowest BCUT2D eigenvalue weighted by molar-refractivity contribution is -0.131. The average Bonchev–Trinajstić information content (AvgIpc) is 2.92. The Morgan fingerprint density at radius 3 is 2.20 bits per heavy atom. The lowest BCUT2D eigenvalue weighted by Gasteiger charge is -2.22. The third kappa shape index (κ3) is 4.03. The van der Waals surface area contributed by atoms with Crippen LogP contribution in [0.4, 0.5) is 4.79 Å². The quantitative estimate of drug-likeness (QED) is 0.678. The van der Waals surface area contributed by atoms with Crippen molar-refractivity contribution in [3.05, 3.63) is 59.7 Å². The van der Waals surface area contributed by atoms with E-state index in [1.54, 1.807) is 19.1 Å². The molecule has 1 atom stereocenters. The van der Waals surface area contributed by atoms with Gasteiger partial charge in [-0.3, -0.25) is 9.69 Å². The van der Waals surface area contributed by atoms with Crippen LogP contribution in [-0.4, -0.2) is 56.8 Å². The fourth-order valence-electron chi connectivity index (χ4n) is 3.16. The summed E-state index contributed by atoms with van der Waals surface area (Å²) in [5.74, 6) is 0.105. The number of urea groups is 1. The van der Waals surface area contributed by atoms with Crippen LogP contribution in [0.3, 0.4) is 0 Å². The molecule has 0 unspecified atom stereocenters. The number of nitrogens with one attached hydrogen (secondary N) is 1. The Kier molecular flexibility index (Phi) is 5.87. The van der Waals surface area contributed by atoms with E-state index in [0.717, 1.165) is 14.8 Å². The second kappa shape index (κ2) is 8.08. The van der Waals surface area contributed by atoms with Gasteiger partial charge in [-0.25, -0.2) is 17.5 Å². The molecule has 0 saturated carbocycles. The lowest BCUT2D eigenvalue weighted by atomic mass is 9.91. The summed E-state index contributed by atoms with van der Waals surface area (Å²) >= 11 is 0. The third-order valence-electron chi connectivity index (χ3n) is 5.09. The summed E-state index contributed by atoms with van der Waals surface area (Å²) in [5.41, 5.74) is 0.661. The number of carbonyl (C=O) groups excluding carboxylic acids is 2. The number of sulfonamides is 1.